The first kappa shape index (κ1) is 19.2. The maximum atomic E-state index is 12.2. The number of carbonyl (C=O) groups is 1. The topological polar surface area (TPSA) is 46.1 Å². The summed E-state index contributed by atoms with van der Waals surface area (Å²) < 4.78 is 3.11. The van der Waals surface area contributed by atoms with Gasteiger partial charge in [0.15, 0.2) is 0 Å². The molecular weight excluding hydrogens is 402 g/mol. The largest absolute Gasteiger partial charge is 0.345 e. The lowest BCUT2D eigenvalue weighted by molar-refractivity contribution is 0.251. The molecule has 27 heavy (non-hydrogen) atoms. The van der Waals surface area contributed by atoms with E-state index < -0.39 is 0 Å². The Hall–Kier alpha value is -2.53. The molecule has 2 amide bonds. The molecule has 4 nitrogen and oxygen atoms in total. The number of hydrogen-bond donors (Lipinski definition) is 2. The molecule has 0 radical (unpaired) electrons. The van der Waals surface area contributed by atoms with Crippen LogP contribution in [0.1, 0.15) is 27.9 Å². The molecule has 0 saturated carbocycles. The minimum atomic E-state index is -0.219. The first-order valence-electron chi connectivity index (χ1n) is 8.93. The first-order valence-corrected chi connectivity index (χ1v) is 9.73. The van der Waals surface area contributed by atoms with Crippen LogP contribution in [0, 0.1) is 20.8 Å². The van der Waals surface area contributed by atoms with Crippen molar-refractivity contribution in [3.63, 3.8) is 0 Å². The van der Waals surface area contributed by atoms with Gasteiger partial charge in [-0.2, -0.15) is 0 Å². The van der Waals surface area contributed by atoms with Crippen molar-refractivity contribution < 1.29 is 4.79 Å². The van der Waals surface area contributed by atoms with Gasteiger partial charge in [0.25, 0.3) is 0 Å². The average molecular weight is 426 g/mol. The van der Waals surface area contributed by atoms with Crippen LogP contribution in [0.3, 0.4) is 0 Å². The van der Waals surface area contributed by atoms with Crippen molar-refractivity contribution in [1.82, 2.24) is 9.88 Å². The number of hydrogen-bond acceptors (Lipinski definition) is 1. The van der Waals surface area contributed by atoms with Gasteiger partial charge in [0, 0.05) is 28.6 Å². The molecule has 2 N–H and O–H groups in total. The molecule has 3 rings (SSSR count). The molecule has 5 heteroatoms. The monoisotopic (exact) mass is 425 g/mol. The number of nitrogens with zero attached hydrogens (tertiary/aromatic N) is 1. The summed E-state index contributed by atoms with van der Waals surface area (Å²) in [7, 11) is 0. The van der Waals surface area contributed by atoms with E-state index in [1.54, 1.807) is 0 Å². The zero-order valence-electron chi connectivity index (χ0n) is 15.8. The van der Waals surface area contributed by atoms with Gasteiger partial charge in [0.05, 0.1) is 6.54 Å². The summed E-state index contributed by atoms with van der Waals surface area (Å²) in [4.78, 5) is 12.2. The SMILES string of the molecule is Cc1cc(C)c(Cn2cccc2CNC(=O)Nc2cccc(Br)c2)c(C)c1. The van der Waals surface area contributed by atoms with Crippen LogP contribution in [0.4, 0.5) is 10.5 Å². The van der Waals surface area contributed by atoms with Gasteiger partial charge in [-0.3, -0.25) is 0 Å². The van der Waals surface area contributed by atoms with Gasteiger partial charge in [-0.25, -0.2) is 4.79 Å². The summed E-state index contributed by atoms with van der Waals surface area (Å²) in [5.74, 6) is 0. The molecule has 0 aliphatic rings. The molecule has 3 aromatic rings. The lowest BCUT2D eigenvalue weighted by Gasteiger charge is -2.15. The number of anilines is 1. The average Bonchev–Trinajstić information content (AvgIpc) is 3.03. The second-order valence-corrected chi connectivity index (χ2v) is 7.74. The maximum Gasteiger partial charge on any atom is 0.319 e. The Morgan fingerprint density at radius 1 is 1.04 bits per heavy atom. The number of aromatic nitrogens is 1. The van der Waals surface area contributed by atoms with Crippen LogP contribution >= 0.6 is 15.9 Å². The van der Waals surface area contributed by atoms with Crippen LogP contribution in [-0.4, -0.2) is 10.6 Å². The second-order valence-electron chi connectivity index (χ2n) is 6.82. The highest BCUT2D eigenvalue weighted by molar-refractivity contribution is 9.10. The highest BCUT2D eigenvalue weighted by Gasteiger charge is 2.09. The fourth-order valence-corrected chi connectivity index (χ4v) is 3.71. The Bertz CT molecular complexity index is 939. The smallest absolute Gasteiger partial charge is 0.319 e. The van der Waals surface area contributed by atoms with E-state index in [1.807, 2.05) is 36.4 Å². The van der Waals surface area contributed by atoms with E-state index in [0.29, 0.717) is 6.54 Å². The van der Waals surface area contributed by atoms with E-state index in [1.165, 1.54) is 22.3 Å². The molecule has 0 spiro atoms. The van der Waals surface area contributed by atoms with Gasteiger partial charge in [0.1, 0.15) is 0 Å². The lowest BCUT2D eigenvalue weighted by atomic mass is 10.00. The third-order valence-corrected chi connectivity index (χ3v) is 5.10. The van der Waals surface area contributed by atoms with Crippen LogP contribution in [0.15, 0.2) is 59.2 Å². The van der Waals surface area contributed by atoms with Crippen LogP contribution in [0.2, 0.25) is 0 Å². The molecule has 0 fully saturated rings. The van der Waals surface area contributed by atoms with E-state index in [4.69, 9.17) is 0 Å². The number of benzene rings is 2. The molecule has 0 unspecified atom stereocenters. The van der Waals surface area contributed by atoms with E-state index in [-0.39, 0.29) is 6.03 Å². The number of carbonyl (C=O) groups excluding carboxylic acids is 1. The number of nitrogens with one attached hydrogen (secondary N) is 2. The summed E-state index contributed by atoms with van der Waals surface area (Å²) in [5, 5.41) is 5.78. The molecular formula is C22H24BrN3O. The minimum absolute atomic E-state index is 0.219. The molecule has 0 saturated heterocycles. The number of urea groups is 1. The summed E-state index contributed by atoms with van der Waals surface area (Å²) in [6.07, 6.45) is 2.06. The Labute approximate surface area is 168 Å². The Morgan fingerprint density at radius 2 is 1.78 bits per heavy atom. The third-order valence-electron chi connectivity index (χ3n) is 4.60. The Balaban J connectivity index is 1.65. The van der Waals surface area contributed by atoms with Crippen LogP contribution in [-0.2, 0) is 13.1 Å². The number of aryl methyl sites for hydroxylation is 3. The third kappa shape index (κ3) is 5.01. The fourth-order valence-electron chi connectivity index (χ4n) is 3.31. The van der Waals surface area contributed by atoms with Crippen LogP contribution in [0.5, 0.6) is 0 Å². The van der Waals surface area contributed by atoms with E-state index in [9.17, 15) is 4.79 Å². The first-order chi connectivity index (χ1) is 12.9. The van der Waals surface area contributed by atoms with E-state index >= 15 is 0 Å². The lowest BCUT2D eigenvalue weighted by Crippen LogP contribution is -2.29. The second kappa shape index (κ2) is 8.44. The summed E-state index contributed by atoms with van der Waals surface area (Å²) >= 11 is 3.40. The molecule has 140 valence electrons. The number of halogens is 1. The standard InChI is InChI=1S/C22H24BrN3O/c1-15-10-16(2)21(17(3)11-15)14-26-9-5-8-20(26)13-24-22(27)25-19-7-4-6-18(23)12-19/h4-12H,13-14H2,1-3H3,(H2,24,25,27). The van der Waals surface area contributed by atoms with Crippen molar-refractivity contribution in [2.45, 2.75) is 33.9 Å². The summed E-state index contributed by atoms with van der Waals surface area (Å²) in [6.45, 7) is 7.70. The van der Waals surface area contributed by atoms with Crippen molar-refractivity contribution in [2.75, 3.05) is 5.32 Å². The number of rotatable bonds is 5. The zero-order valence-corrected chi connectivity index (χ0v) is 17.4. The molecule has 0 atom stereocenters. The van der Waals surface area contributed by atoms with Crippen molar-refractivity contribution in [2.24, 2.45) is 0 Å². The van der Waals surface area contributed by atoms with E-state index in [0.717, 1.165) is 22.4 Å². The van der Waals surface area contributed by atoms with Gasteiger partial charge in [-0.15, -0.1) is 0 Å². The minimum Gasteiger partial charge on any atom is -0.345 e. The fraction of sp³-hybridized carbons (Fsp3) is 0.227. The van der Waals surface area contributed by atoms with Gasteiger partial charge in [-0.1, -0.05) is 39.7 Å². The molecule has 1 aromatic heterocycles. The van der Waals surface area contributed by atoms with Crippen molar-refractivity contribution in [3.05, 3.63) is 87.1 Å². The highest BCUT2D eigenvalue weighted by atomic mass is 79.9. The maximum absolute atomic E-state index is 12.2. The quantitative estimate of drug-likeness (QED) is 0.553. The predicted octanol–water partition coefficient (Wildman–Crippen LogP) is 5.55. The summed E-state index contributed by atoms with van der Waals surface area (Å²) in [6, 6.07) is 15.8. The normalized spacial score (nSPS) is 10.7. The molecule has 2 aromatic carbocycles. The summed E-state index contributed by atoms with van der Waals surface area (Å²) in [5.41, 5.74) is 7.03. The zero-order chi connectivity index (χ0) is 19.4. The molecule has 0 bridgehead atoms. The van der Waals surface area contributed by atoms with Crippen LogP contribution < -0.4 is 10.6 Å². The highest BCUT2D eigenvalue weighted by Crippen LogP contribution is 2.19. The van der Waals surface area contributed by atoms with Crippen molar-refractivity contribution >= 4 is 27.6 Å². The van der Waals surface area contributed by atoms with Crippen molar-refractivity contribution in [1.29, 1.82) is 0 Å². The molecule has 0 aliphatic carbocycles. The van der Waals surface area contributed by atoms with E-state index in [2.05, 4.69) is 70.2 Å². The Morgan fingerprint density at radius 3 is 2.48 bits per heavy atom. The van der Waals surface area contributed by atoms with Crippen LogP contribution in [0.25, 0.3) is 0 Å². The Kier molecular flexibility index (Phi) is 6.01. The predicted molar refractivity (Wildman–Crippen MR) is 114 cm³/mol. The van der Waals surface area contributed by atoms with Crippen molar-refractivity contribution in [3.8, 4) is 0 Å². The van der Waals surface area contributed by atoms with Gasteiger partial charge in [-0.05, 0) is 67.8 Å². The molecule has 1 heterocycles. The number of amides is 2. The van der Waals surface area contributed by atoms with Gasteiger partial charge >= 0.3 is 6.03 Å². The van der Waals surface area contributed by atoms with Gasteiger partial charge in [0.2, 0.25) is 0 Å². The van der Waals surface area contributed by atoms with Gasteiger partial charge < -0.3 is 15.2 Å². The molecule has 0 aliphatic heterocycles.